The lowest BCUT2D eigenvalue weighted by molar-refractivity contribution is -0.137. The summed E-state index contributed by atoms with van der Waals surface area (Å²) >= 11 is 0. The van der Waals surface area contributed by atoms with Crippen molar-refractivity contribution < 1.29 is 38.6 Å². The summed E-state index contributed by atoms with van der Waals surface area (Å²) in [5, 5.41) is 19.1. The molecule has 1 aromatic carbocycles. The highest BCUT2D eigenvalue weighted by Crippen LogP contribution is 2.08. The molecule has 0 unspecified atom stereocenters. The summed E-state index contributed by atoms with van der Waals surface area (Å²) in [4.78, 5) is 64.6. The monoisotopic (exact) mass is 591 g/mol. The van der Waals surface area contributed by atoms with E-state index in [2.05, 4.69) is 26.3 Å². The average molecular weight is 592 g/mol. The van der Waals surface area contributed by atoms with Crippen LogP contribution in [-0.2, 0) is 30.3 Å². The Balaban J connectivity index is 2.69. The van der Waals surface area contributed by atoms with Crippen LogP contribution in [0.15, 0.2) is 35.3 Å². The predicted molar refractivity (Wildman–Crippen MR) is 157 cm³/mol. The zero-order valence-electron chi connectivity index (χ0n) is 25.4. The molecule has 0 fully saturated rings. The van der Waals surface area contributed by atoms with Gasteiger partial charge in [0.25, 0.3) is 0 Å². The van der Waals surface area contributed by atoms with Crippen molar-refractivity contribution >= 4 is 35.9 Å². The van der Waals surface area contributed by atoms with Crippen LogP contribution < -0.4 is 21.3 Å². The van der Waals surface area contributed by atoms with E-state index >= 15 is 0 Å². The molecule has 13 nitrogen and oxygen atoms in total. The van der Waals surface area contributed by atoms with Crippen molar-refractivity contribution in [1.29, 1.82) is 0 Å². The van der Waals surface area contributed by atoms with E-state index in [4.69, 9.17) is 14.6 Å². The first kappa shape index (κ1) is 35.9. The number of benzene rings is 1. The van der Waals surface area contributed by atoms with Gasteiger partial charge in [0, 0.05) is 32.4 Å². The van der Waals surface area contributed by atoms with Gasteiger partial charge in [0.15, 0.2) is 0 Å². The number of unbranched alkanes of at least 4 members (excludes halogenated alkanes) is 1. The highest BCUT2D eigenvalue weighted by atomic mass is 16.6. The number of hydrogen-bond acceptors (Lipinski definition) is 8. The van der Waals surface area contributed by atoms with Gasteiger partial charge in [-0.25, -0.2) is 9.59 Å². The molecule has 1 atom stereocenters. The molecule has 0 saturated heterocycles. The van der Waals surface area contributed by atoms with E-state index in [1.165, 1.54) is 0 Å². The first-order valence-corrected chi connectivity index (χ1v) is 13.9. The minimum Gasteiger partial charge on any atom is -0.481 e. The molecule has 4 amide bonds. The number of rotatable bonds is 13. The number of carboxylic acid groups (broad SMARTS) is 1. The van der Waals surface area contributed by atoms with Crippen molar-refractivity contribution in [2.75, 3.05) is 13.1 Å². The second-order valence-corrected chi connectivity index (χ2v) is 11.5. The molecule has 0 bridgehead atoms. The van der Waals surface area contributed by atoms with Gasteiger partial charge in [-0.05, 0) is 66.4 Å². The third kappa shape index (κ3) is 18.2. The molecule has 0 aliphatic carbocycles. The van der Waals surface area contributed by atoms with Crippen LogP contribution in [0.25, 0.3) is 0 Å². The Morgan fingerprint density at radius 2 is 1.40 bits per heavy atom. The van der Waals surface area contributed by atoms with Gasteiger partial charge in [-0.1, -0.05) is 30.3 Å². The zero-order valence-corrected chi connectivity index (χ0v) is 25.4. The molecule has 0 heterocycles. The average Bonchev–Trinajstić information content (AvgIpc) is 2.83. The first-order valence-electron chi connectivity index (χ1n) is 13.9. The third-order valence-electron chi connectivity index (χ3n) is 5.12. The number of aliphatic imine (C=N–C) groups is 1. The molecule has 0 aliphatic heterocycles. The molecule has 1 rings (SSSR count). The number of amides is 4. The largest absolute Gasteiger partial charge is 0.481 e. The second kappa shape index (κ2) is 17.6. The molecule has 0 aliphatic rings. The number of alkyl carbamates (subject to hydrolysis) is 2. The Morgan fingerprint density at radius 3 is 1.93 bits per heavy atom. The van der Waals surface area contributed by atoms with Gasteiger partial charge < -0.3 is 25.2 Å². The van der Waals surface area contributed by atoms with Crippen molar-refractivity contribution in [2.45, 2.75) is 97.3 Å². The summed E-state index contributed by atoms with van der Waals surface area (Å²) < 4.78 is 10.4. The molecule has 1 aromatic rings. The second-order valence-electron chi connectivity index (χ2n) is 11.5. The molecule has 5 N–H and O–H groups in total. The van der Waals surface area contributed by atoms with E-state index in [9.17, 15) is 24.0 Å². The van der Waals surface area contributed by atoms with Crippen LogP contribution >= 0.6 is 0 Å². The Morgan fingerprint density at radius 1 is 0.833 bits per heavy atom. The zero-order chi connectivity index (χ0) is 31.8. The minimum atomic E-state index is -0.987. The number of aliphatic carboxylic acids is 1. The molecule has 0 saturated carbocycles. The first-order chi connectivity index (χ1) is 19.5. The van der Waals surface area contributed by atoms with Crippen molar-refractivity contribution in [3.63, 3.8) is 0 Å². The predicted octanol–water partition coefficient (Wildman–Crippen LogP) is 3.27. The van der Waals surface area contributed by atoms with E-state index in [0.29, 0.717) is 19.4 Å². The fourth-order valence-electron chi connectivity index (χ4n) is 3.40. The van der Waals surface area contributed by atoms with Crippen LogP contribution in [0.1, 0.15) is 79.2 Å². The van der Waals surface area contributed by atoms with Crippen molar-refractivity contribution in [1.82, 2.24) is 21.3 Å². The number of nitrogens with zero attached hydrogens (tertiary/aromatic N) is 1. The fraction of sp³-hybridized carbons (Fsp3) is 0.586. The molecular weight excluding hydrogens is 546 g/mol. The standard InChI is InChI=1S/C29H45N5O8/c1-28(2,3)41-26(39)33-25(34-27(40)42-29(4,5)6)31-18-11-10-17-30-24(38)21(19-20-13-8-7-9-14-20)32-22(35)15-12-16-23(36)37/h7-9,13-14,21H,10-12,15-19H2,1-6H3,(H,30,38)(H,32,35)(H,36,37)(H2,31,33,34,39,40)/t21-/m0/s1. The van der Waals surface area contributed by atoms with Gasteiger partial charge in [-0.15, -0.1) is 0 Å². The van der Waals surface area contributed by atoms with Crippen LogP contribution in [0.3, 0.4) is 0 Å². The third-order valence-corrected chi connectivity index (χ3v) is 5.12. The Kier molecular flexibility index (Phi) is 15.0. The highest BCUT2D eigenvalue weighted by molar-refractivity contribution is 6.01. The maximum absolute atomic E-state index is 12.9. The summed E-state index contributed by atoms with van der Waals surface area (Å²) in [5.41, 5.74) is -0.647. The van der Waals surface area contributed by atoms with Crippen LogP contribution in [0.5, 0.6) is 0 Å². The van der Waals surface area contributed by atoms with Crippen molar-refractivity contribution in [2.24, 2.45) is 4.99 Å². The summed E-state index contributed by atoms with van der Waals surface area (Å²) in [5.74, 6) is -1.88. The number of nitrogens with one attached hydrogen (secondary N) is 4. The van der Waals surface area contributed by atoms with Gasteiger partial charge in [0.1, 0.15) is 17.2 Å². The highest BCUT2D eigenvalue weighted by Gasteiger charge is 2.22. The normalized spacial score (nSPS) is 11.9. The maximum Gasteiger partial charge on any atom is 0.414 e. The van der Waals surface area contributed by atoms with Gasteiger partial charge >= 0.3 is 18.2 Å². The minimum absolute atomic E-state index is 0.000130. The van der Waals surface area contributed by atoms with Crippen molar-refractivity contribution in [3.05, 3.63) is 35.9 Å². The number of ether oxygens (including phenoxy) is 2. The number of carbonyl (C=O) groups excluding carboxylic acids is 4. The van der Waals surface area contributed by atoms with Gasteiger partial charge in [-0.2, -0.15) is 0 Å². The summed E-state index contributed by atoms with van der Waals surface area (Å²) in [7, 11) is 0. The van der Waals surface area contributed by atoms with Crippen LogP contribution in [0.2, 0.25) is 0 Å². The van der Waals surface area contributed by atoms with Crippen LogP contribution in [-0.4, -0.2) is 71.4 Å². The summed E-state index contributed by atoms with van der Waals surface area (Å²) in [6.07, 6.45) is -0.245. The van der Waals surface area contributed by atoms with Crippen LogP contribution in [0.4, 0.5) is 9.59 Å². The molecule has 234 valence electrons. The number of hydrogen-bond donors (Lipinski definition) is 5. The van der Waals surface area contributed by atoms with Gasteiger partial charge in [0.2, 0.25) is 17.8 Å². The Bertz CT molecular complexity index is 1050. The smallest absolute Gasteiger partial charge is 0.414 e. The molecule has 13 heteroatoms. The molecular formula is C29H45N5O8. The lowest BCUT2D eigenvalue weighted by Crippen LogP contribution is -2.48. The van der Waals surface area contributed by atoms with Crippen molar-refractivity contribution in [3.8, 4) is 0 Å². The van der Waals surface area contributed by atoms with E-state index in [1.54, 1.807) is 41.5 Å². The van der Waals surface area contributed by atoms with Gasteiger partial charge in [0.05, 0.1) is 0 Å². The summed E-state index contributed by atoms with van der Waals surface area (Å²) in [6.45, 7) is 10.7. The Labute approximate surface area is 247 Å². The number of carboxylic acids is 1. The molecule has 0 aromatic heterocycles. The van der Waals surface area contributed by atoms with E-state index in [0.717, 1.165) is 5.56 Å². The maximum atomic E-state index is 12.9. The molecule has 0 spiro atoms. The van der Waals surface area contributed by atoms with E-state index in [-0.39, 0.29) is 44.1 Å². The SMILES string of the molecule is CC(C)(C)OC(=O)NC(=NCCCCNC(=O)[C@H](Cc1ccccc1)NC(=O)CCCC(=O)O)NC(=O)OC(C)(C)C. The topological polar surface area (TPSA) is 185 Å². The lowest BCUT2D eigenvalue weighted by atomic mass is 10.0. The van der Waals surface area contributed by atoms with E-state index < -0.39 is 41.3 Å². The Hall–Kier alpha value is -4.16. The lowest BCUT2D eigenvalue weighted by Gasteiger charge is -2.22. The quantitative estimate of drug-likeness (QED) is 0.131. The van der Waals surface area contributed by atoms with Gasteiger partial charge in [-0.3, -0.25) is 30.0 Å². The summed E-state index contributed by atoms with van der Waals surface area (Å²) in [6, 6.07) is 8.40. The van der Waals surface area contributed by atoms with E-state index in [1.807, 2.05) is 30.3 Å². The number of guanidine groups is 1. The fourth-order valence-corrected chi connectivity index (χ4v) is 3.40. The number of carbonyl (C=O) groups is 5. The van der Waals surface area contributed by atoms with Crippen LogP contribution in [0, 0.1) is 0 Å². The molecule has 42 heavy (non-hydrogen) atoms. The molecule has 0 radical (unpaired) electrons.